The van der Waals surface area contributed by atoms with Gasteiger partial charge in [-0.3, -0.25) is 0 Å². The Morgan fingerprint density at radius 1 is 0.938 bits per heavy atom. The fourth-order valence-electron chi connectivity index (χ4n) is 3.91. The first-order valence-corrected chi connectivity index (χ1v) is 11.6. The Balaban J connectivity index is 1.52. The monoisotopic (exact) mass is 439 g/mol. The van der Waals surface area contributed by atoms with Crippen LogP contribution in [-0.2, 0) is 12.8 Å². The van der Waals surface area contributed by atoms with E-state index in [1.54, 1.807) is 14.2 Å². The van der Waals surface area contributed by atoms with Crippen LogP contribution in [0, 0.1) is 0 Å². The third kappa shape index (κ3) is 6.67. The molecule has 5 heteroatoms. The molecule has 0 radical (unpaired) electrons. The maximum atomic E-state index is 5.61. The van der Waals surface area contributed by atoms with E-state index < -0.39 is 0 Å². The Labute approximate surface area is 192 Å². The molecule has 2 aromatic carbocycles. The zero-order valence-electron chi connectivity index (χ0n) is 20.0. The molecule has 1 aliphatic rings. The van der Waals surface area contributed by atoms with E-state index in [-0.39, 0.29) is 0 Å². The van der Waals surface area contributed by atoms with Gasteiger partial charge in [0.25, 0.3) is 0 Å². The van der Waals surface area contributed by atoms with E-state index in [0.29, 0.717) is 6.79 Å². The van der Waals surface area contributed by atoms with Crippen LogP contribution < -0.4 is 18.9 Å². The van der Waals surface area contributed by atoms with Gasteiger partial charge in [0, 0.05) is 6.54 Å². The van der Waals surface area contributed by atoms with Crippen LogP contribution in [0.15, 0.2) is 36.4 Å². The number of allylic oxidation sites excluding steroid dienone is 1. The molecule has 5 nitrogen and oxygen atoms in total. The molecule has 0 saturated heterocycles. The molecule has 0 aliphatic carbocycles. The third-order valence-corrected chi connectivity index (χ3v) is 5.87. The van der Waals surface area contributed by atoms with Gasteiger partial charge in [-0.1, -0.05) is 38.0 Å². The smallest absolute Gasteiger partial charge is 0.231 e. The molecule has 0 unspecified atom stereocenters. The van der Waals surface area contributed by atoms with Gasteiger partial charge in [0.15, 0.2) is 23.0 Å². The number of aryl methyl sites for hydroxylation is 1. The van der Waals surface area contributed by atoms with Gasteiger partial charge in [-0.2, -0.15) is 0 Å². The number of ether oxygens (including phenoxy) is 4. The quantitative estimate of drug-likeness (QED) is 0.372. The van der Waals surface area contributed by atoms with E-state index >= 15 is 0 Å². The van der Waals surface area contributed by atoms with Crippen molar-refractivity contribution >= 4 is 6.08 Å². The third-order valence-electron chi connectivity index (χ3n) is 5.87. The number of likely N-dealkylation sites (N-methyl/N-ethyl adjacent to an activating group) is 1. The van der Waals surface area contributed by atoms with Crippen molar-refractivity contribution in [1.29, 1.82) is 0 Å². The Morgan fingerprint density at radius 2 is 1.72 bits per heavy atom. The number of methoxy groups -OCH3 is 2. The summed E-state index contributed by atoms with van der Waals surface area (Å²) >= 11 is 0. The van der Waals surface area contributed by atoms with Gasteiger partial charge < -0.3 is 23.8 Å². The molecular formula is C27H37NO4. The molecule has 0 aromatic heterocycles. The fraction of sp³-hybridized carbons (Fsp3) is 0.481. The minimum atomic E-state index is 0.316. The average molecular weight is 440 g/mol. The predicted molar refractivity (Wildman–Crippen MR) is 130 cm³/mol. The first-order chi connectivity index (χ1) is 15.6. The Kier molecular flexibility index (Phi) is 9.29. The van der Waals surface area contributed by atoms with E-state index in [1.165, 1.54) is 29.5 Å². The summed E-state index contributed by atoms with van der Waals surface area (Å²) in [7, 11) is 5.53. The molecule has 0 fully saturated rings. The Morgan fingerprint density at radius 3 is 2.47 bits per heavy atom. The topological polar surface area (TPSA) is 40.2 Å². The van der Waals surface area contributed by atoms with E-state index in [4.69, 9.17) is 18.9 Å². The summed E-state index contributed by atoms with van der Waals surface area (Å²) in [5.74, 6) is 3.28. The summed E-state index contributed by atoms with van der Waals surface area (Å²) in [4.78, 5) is 2.39. The first-order valence-electron chi connectivity index (χ1n) is 11.6. The molecule has 0 bridgehead atoms. The largest absolute Gasteiger partial charge is 0.493 e. The van der Waals surface area contributed by atoms with Crippen molar-refractivity contribution in [2.45, 2.75) is 45.4 Å². The summed E-state index contributed by atoms with van der Waals surface area (Å²) in [6, 6.07) is 10.4. The molecule has 0 spiro atoms. The molecule has 0 saturated carbocycles. The lowest BCUT2D eigenvalue weighted by atomic mass is 10.0. The lowest BCUT2D eigenvalue weighted by Crippen LogP contribution is -2.23. The van der Waals surface area contributed by atoms with Crippen molar-refractivity contribution in [3.63, 3.8) is 0 Å². The highest BCUT2D eigenvalue weighted by molar-refractivity contribution is 5.61. The maximum absolute atomic E-state index is 5.61. The summed E-state index contributed by atoms with van der Waals surface area (Å²) in [6.45, 7) is 4.58. The number of nitrogens with zero attached hydrogens (tertiary/aromatic N) is 1. The minimum absolute atomic E-state index is 0.316. The van der Waals surface area contributed by atoms with E-state index in [1.807, 2.05) is 6.07 Å². The normalized spacial score (nSPS) is 12.7. The minimum Gasteiger partial charge on any atom is -0.493 e. The highest BCUT2D eigenvalue weighted by Crippen LogP contribution is 2.36. The number of benzene rings is 2. The second-order valence-corrected chi connectivity index (χ2v) is 8.30. The van der Waals surface area contributed by atoms with Gasteiger partial charge in [-0.25, -0.2) is 0 Å². The van der Waals surface area contributed by atoms with Crippen molar-refractivity contribution in [3.05, 3.63) is 53.1 Å². The fourth-order valence-corrected chi connectivity index (χ4v) is 3.91. The van der Waals surface area contributed by atoms with Crippen molar-refractivity contribution in [2.75, 3.05) is 41.1 Å². The zero-order valence-corrected chi connectivity index (χ0v) is 20.0. The zero-order chi connectivity index (χ0) is 22.8. The van der Waals surface area contributed by atoms with Gasteiger partial charge in [-0.15, -0.1) is 0 Å². The molecule has 1 heterocycles. The van der Waals surface area contributed by atoms with Crippen LogP contribution in [0.1, 0.15) is 49.3 Å². The molecule has 1 aliphatic heterocycles. The van der Waals surface area contributed by atoms with Crippen LogP contribution in [0.2, 0.25) is 0 Å². The molecular weight excluding hydrogens is 402 g/mol. The molecule has 0 N–H and O–H groups in total. The molecule has 0 atom stereocenters. The molecule has 32 heavy (non-hydrogen) atoms. The van der Waals surface area contributed by atoms with Crippen LogP contribution in [0.4, 0.5) is 0 Å². The van der Waals surface area contributed by atoms with Crippen LogP contribution in [0.5, 0.6) is 23.0 Å². The lowest BCUT2D eigenvalue weighted by Gasteiger charge is -2.17. The van der Waals surface area contributed by atoms with Crippen molar-refractivity contribution in [1.82, 2.24) is 4.90 Å². The predicted octanol–water partition coefficient (Wildman–Crippen LogP) is 5.74. The highest BCUT2D eigenvalue weighted by atomic mass is 16.7. The van der Waals surface area contributed by atoms with Crippen molar-refractivity contribution in [3.8, 4) is 23.0 Å². The summed E-state index contributed by atoms with van der Waals surface area (Å²) in [5.41, 5.74) is 3.83. The second kappa shape index (κ2) is 12.4. The molecule has 2 aromatic rings. The summed E-state index contributed by atoms with van der Waals surface area (Å²) < 4.78 is 21.9. The van der Waals surface area contributed by atoms with Gasteiger partial charge >= 0.3 is 0 Å². The second-order valence-electron chi connectivity index (χ2n) is 8.30. The SMILES string of the molecule is CCCC/C=C/c1cc2c(cc1CCCN(C)CCc1ccc(OC)c(OC)c1)OCO2. The van der Waals surface area contributed by atoms with Crippen LogP contribution in [0.25, 0.3) is 6.08 Å². The van der Waals surface area contributed by atoms with Crippen LogP contribution in [-0.4, -0.2) is 46.0 Å². The van der Waals surface area contributed by atoms with E-state index in [0.717, 1.165) is 61.8 Å². The highest BCUT2D eigenvalue weighted by Gasteiger charge is 2.16. The Hall–Kier alpha value is -2.66. The number of hydrogen-bond donors (Lipinski definition) is 0. The van der Waals surface area contributed by atoms with Gasteiger partial charge in [0.05, 0.1) is 14.2 Å². The number of hydrogen-bond acceptors (Lipinski definition) is 5. The first kappa shape index (κ1) is 24.0. The standard InChI is InChI=1S/C27H37NO4/c1-5-6-7-8-10-22-18-26-27(32-20-31-26)19-23(22)11-9-15-28(2)16-14-21-12-13-24(29-3)25(17-21)30-4/h8,10,12-13,17-19H,5-7,9,11,14-16,20H2,1-4H3/b10-8+. The molecule has 3 rings (SSSR count). The van der Waals surface area contributed by atoms with Crippen LogP contribution >= 0.6 is 0 Å². The van der Waals surface area contributed by atoms with Crippen molar-refractivity contribution in [2.24, 2.45) is 0 Å². The van der Waals surface area contributed by atoms with E-state index in [9.17, 15) is 0 Å². The Bertz CT molecular complexity index is 893. The van der Waals surface area contributed by atoms with E-state index in [2.05, 4.69) is 55.3 Å². The van der Waals surface area contributed by atoms with Gasteiger partial charge in [0.1, 0.15) is 0 Å². The summed E-state index contributed by atoms with van der Waals surface area (Å²) in [6.07, 6.45) is 11.2. The van der Waals surface area contributed by atoms with Gasteiger partial charge in [0.2, 0.25) is 6.79 Å². The van der Waals surface area contributed by atoms with Crippen molar-refractivity contribution < 1.29 is 18.9 Å². The lowest BCUT2D eigenvalue weighted by molar-refractivity contribution is 0.174. The number of rotatable bonds is 13. The average Bonchev–Trinajstić information content (AvgIpc) is 3.27. The summed E-state index contributed by atoms with van der Waals surface area (Å²) in [5, 5.41) is 0. The molecule has 174 valence electrons. The number of unbranched alkanes of at least 4 members (excludes halogenated alkanes) is 2. The molecule has 0 amide bonds. The van der Waals surface area contributed by atoms with Gasteiger partial charge in [-0.05, 0) is 80.2 Å². The maximum Gasteiger partial charge on any atom is 0.231 e. The van der Waals surface area contributed by atoms with Crippen LogP contribution in [0.3, 0.4) is 0 Å². The number of fused-ring (bicyclic) bond motifs is 1.